The van der Waals surface area contributed by atoms with Crippen LogP contribution in [0.3, 0.4) is 0 Å². The molecule has 2 nitrogen and oxygen atoms in total. The second-order valence-electron chi connectivity index (χ2n) is 4.72. The summed E-state index contributed by atoms with van der Waals surface area (Å²) >= 11 is 0. The quantitative estimate of drug-likeness (QED) is 0.701. The average Bonchev–Trinajstić information content (AvgIpc) is 2.51. The van der Waals surface area contributed by atoms with Gasteiger partial charge < -0.3 is 10.2 Å². The van der Waals surface area contributed by atoms with E-state index in [2.05, 4.69) is 0 Å². The number of benzene rings is 1. The maximum Gasteiger partial charge on any atom is 0.162 e. The van der Waals surface area contributed by atoms with Crippen molar-refractivity contribution in [2.45, 2.75) is 31.0 Å². The van der Waals surface area contributed by atoms with E-state index in [1.54, 1.807) is 0 Å². The zero-order valence-corrected chi connectivity index (χ0v) is 8.53. The summed E-state index contributed by atoms with van der Waals surface area (Å²) in [5.41, 5.74) is 0.982. The number of hydrogen-bond donors (Lipinski definition) is 2. The lowest BCUT2D eigenvalue weighted by Crippen LogP contribution is -2.26. The fraction of sp³-hybridized carbons (Fsp3) is 0.500. The summed E-state index contributed by atoms with van der Waals surface area (Å²) in [6, 6.07) is 2.61. The molecule has 0 aliphatic heterocycles. The lowest BCUT2D eigenvalue weighted by Gasteiger charge is -2.23. The number of aliphatic hydroxyl groups excluding tert-OH is 2. The second-order valence-corrected chi connectivity index (χ2v) is 4.72. The van der Waals surface area contributed by atoms with Gasteiger partial charge in [-0.15, -0.1) is 0 Å². The topological polar surface area (TPSA) is 40.5 Å². The lowest BCUT2D eigenvalue weighted by atomic mass is 9.82. The average molecular weight is 226 g/mol. The highest BCUT2D eigenvalue weighted by Gasteiger charge is 2.47. The first kappa shape index (κ1) is 10.2. The first-order valence-corrected chi connectivity index (χ1v) is 5.42. The Morgan fingerprint density at radius 2 is 1.88 bits per heavy atom. The summed E-state index contributed by atoms with van der Waals surface area (Å²) in [6.45, 7) is 0. The fourth-order valence-electron chi connectivity index (χ4n) is 3.06. The third-order valence-corrected chi connectivity index (χ3v) is 3.90. The van der Waals surface area contributed by atoms with Crippen LogP contribution in [0.1, 0.15) is 23.5 Å². The summed E-state index contributed by atoms with van der Waals surface area (Å²) in [5.74, 6) is -2.08. The summed E-state index contributed by atoms with van der Waals surface area (Å²) in [6.07, 6.45) is -0.704. The Bertz CT molecular complexity index is 447. The van der Waals surface area contributed by atoms with Crippen LogP contribution in [0.25, 0.3) is 0 Å². The Kier molecular flexibility index (Phi) is 2.06. The highest BCUT2D eigenvalue weighted by Crippen LogP contribution is 2.47. The molecule has 1 fully saturated rings. The zero-order chi connectivity index (χ0) is 11.4. The molecule has 1 saturated carbocycles. The van der Waals surface area contributed by atoms with Crippen LogP contribution < -0.4 is 0 Å². The van der Waals surface area contributed by atoms with E-state index < -0.39 is 23.8 Å². The second kappa shape index (κ2) is 3.25. The third kappa shape index (κ3) is 1.17. The molecule has 86 valence electrons. The van der Waals surface area contributed by atoms with Gasteiger partial charge in [-0.1, -0.05) is 6.07 Å². The number of fused-ring (bicyclic) bond motifs is 4. The number of aliphatic hydroxyl groups is 2. The van der Waals surface area contributed by atoms with E-state index in [-0.39, 0.29) is 11.8 Å². The molecule has 0 amide bonds. The van der Waals surface area contributed by atoms with Crippen LogP contribution in [0.15, 0.2) is 12.1 Å². The molecule has 0 aromatic heterocycles. The van der Waals surface area contributed by atoms with E-state index in [4.69, 9.17) is 0 Å². The van der Waals surface area contributed by atoms with Crippen molar-refractivity contribution in [2.75, 3.05) is 0 Å². The van der Waals surface area contributed by atoms with Gasteiger partial charge in [0.1, 0.15) is 0 Å². The predicted octanol–water partition coefficient (Wildman–Crippen LogP) is 1.35. The van der Waals surface area contributed by atoms with Crippen LogP contribution >= 0.6 is 0 Å². The molecule has 2 aliphatic carbocycles. The molecule has 2 bridgehead atoms. The van der Waals surface area contributed by atoms with E-state index in [1.165, 1.54) is 6.07 Å². The van der Waals surface area contributed by atoms with Crippen LogP contribution in [0.5, 0.6) is 0 Å². The Hall–Kier alpha value is -1.00. The molecule has 0 radical (unpaired) electrons. The molecule has 16 heavy (non-hydrogen) atoms. The zero-order valence-electron chi connectivity index (χ0n) is 8.53. The van der Waals surface area contributed by atoms with Crippen molar-refractivity contribution in [3.05, 3.63) is 34.9 Å². The third-order valence-electron chi connectivity index (χ3n) is 3.90. The molecule has 0 saturated heterocycles. The summed E-state index contributed by atoms with van der Waals surface area (Å²) in [5, 5.41) is 19.5. The van der Waals surface area contributed by atoms with Gasteiger partial charge in [-0.2, -0.15) is 0 Å². The Labute approximate surface area is 91.5 Å². The molecule has 1 aromatic carbocycles. The van der Waals surface area contributed by atoms with Gasteiger partial charge >= 0.3 is 0 Å². The first-order chi connectivity index (χ1) is 7.59. The Morgan fingerprint density at radius 1 is 1.12 bits per heavy atom. The van der Waals surface area contributed by atoms with Crippen molar-refractivity contribution in [3.8, 4) is 0 Å². The smallest absolute Gasteiger partial charge is 0.162 e. The van der Waals surface area contributed by atoms with Crippen LogP contribution in [0.2, 0.25) is 0 Å². The van der Waals surface area contributed by atoms with Gasteiger partial charge in [-0.25, -0.2) is 8.78 Å². The predicted molar refractivity (Wildman–Crippen MR) is 52.9 cm³/mol. The summed E-state index contributed by atoms with van der Waals surface area (Å²) in [4.78, 5) is 0. The van der Waals surface area contributed by atoms with Crippen molar-refractivity contribution < 1.29 is 19.0 Å². The van der Waals surface area contributed by atoms with Crippen LogP contribution in [0, 0.1) is 17.6 Å². The largest absolute Gasteiger partial charge is 0.390 e. The van der Waals surface area contributed by atoms with Crippen molar-refractivity contribution in [2.24, 2.45) is 5.92 Å². The Morgan fingerprint density at radius 3 is 2.62 bits per heavy atom. The molecular formula is C12H12F2O2. The van der Waals surface area contributed by atoms with Gasteiger partial charge in [0.15, 0.2) is 11.6 Å². The molecular weight excluding hydrogens is 214 g/mol. The normalized spacial score (nSPS) is 36.2. The molecule has 2 aliphatic rings. The minimum absolute atomic E-state index is 0.149. The van der Waals surface area contributed by atoms with Gasteiger partial charge in [-0.3, -0.25) is 0 Å². The molecule has 3 rings (SSSR count). The number of rotatable bonds is 0. The van der Waals surface area contributed by atoms with Gasteiger partial charge in [0, 0.05) is 5.92 Å². The standard InChI is InChI=1S/C12H12F2O2/c13-9-2-1-6-7(10(9)14)3-5-4-8(6)12(16)11(5)15/h1-2,5,8,11-12,15-16H,3-4H2. The first-order valence-electron chi connectivity index (χ1n) is 5.42. The van der Waals surface area contributed by atoms with Gasteiger partial charge in [-0.05, 0) is 36.0 Å². The van der Waals surface area contributed by atoms with Crippen molar-refractivity contribution in [3.63, 3.8) is 0 Å². The molecule has 2 N–H and O–H groups in total. The lowest BCUT2D eigenvalue weighted by molar-refractivity contribution is 0.0176. The maximum atomic E-state index is 13.6. The van der Waals surface area contributed by atoms with E-state index in [0.29, 0.717) is 24.0 Å². The minimum atomic E-state index is -0.857. The van der Waals surface area contributed by atoms with E-state index in [0.717, 1.165) is 6.07 Å². The molecule has 0 heterocycles. The highest BCUT2D eigenvalue weighted by atomic mass is 19.2. The monoisotopic (exact) mass is 226 g/mol. The van der Waals surface area contributed by atoms with Crippen LogP contribution in [0.4, 0.5) is 8.78 Å². The number of halogens is 2. The summed E-state index contributed by atoms with van der Waals surface area (Å²) in [7, 11) is 0. The minimum Gasteiger partial charge on any atom is -0.390 e. The summed E-state index contributed by atoms with van der Waals surface area (Å²) < 4.78 is 26.6. The number of hydrogen-bond acceptors (Lipinski definition) is 2. The van der Waals surface area contributed by atoms with Gasteiger partial charge in [0.05, 0.1) is 12.2 Å². The van der Waals surface area contributed by atoms with Gasteiger partial charge in [0.25, 0.3) is 0 Å². The van der Waals surface area contributed by atoms with Crippen molar-refractivity contribution >= 4 is 0 Å². The van der Waals surface area contributed by atoms with Gasteiger partial charge in [0.2, 0.25) is 0 Å². The molecule has 4 heteroatoms. The molecule has 0 spiro atoms. The van der Waals surface area contributed by atoms with Crippen molar-refractivity contribution in [1.82, 2.24) is 0 Å². The maximum absolute atomic E-state index is 13.6. The van der Waals surface area contributed by atoms with E-state index in [1.807, 2.05) is 0 Å². The van der Waals surface area contributed by atoms with E-state index in [9.17, 15) is 19.0 Å². The highest BCUT2D eigenvalue weighted by molar-refractivity contribution is 5.38. The molecule has 4 unspecified atom stereocenters. The van der Waals surface area contributed by atoms with Crippen molar-refractivity contribution in [1.29, 1.82) is 0 Å². The fourth-order valence-corrected chi connectivity index (χ4v) is 3.06. The van der Waals surface area contributed by atoms with Crippen LogP contribution in [-0.2, 0) is 6.42 Å². The molecule has 1 aromatic rings. The Balaban J connectivity index is 2.15. The molecule has 4 atom stereocenters. The van der Waals surface area contributed by atoms with Crippen LogP contribution in [-0.4, -0.2) is 22.4 Å². The van der Waals surface area contributed by atoms with E-state index >= 15 is 0 Å². The SMILES string of the molecule is OC1C2Cc3c(ccc(F)c3F)C(C2)C1O.